The van der Waals surface area contributed by atoms with Crippen molar-refractivity contribution in [3.8, 4) is 5.75 Å². The summed E-state index contributed by atoms with van der Waals surface area (Å²) >= 11 is 0. The van der Waals surface area contributed by atoms with Gasteiger partial charge in [-0.25, -0.2) is 0 Å². The normalized spacial score (nSPS) is 17.2. The molecule has 0 aliphatic carbocycles. The van der Waals surface area contributed by atoms with Gasteiger partial charge in [0.05, 0.1) is 32.1 Å². The van der Waals surface area contributed by atoms with Gasteiger partial charge in [0.15, 0.2) is 0 Å². The molecule has 1 aliphatic heterocycles. The van der Waals surface area contributed by atoms with E-state index in [1.807, 2.05) is 65.7 Å². The third kappa shape index (κ3) is 6.12. The second-order valence-corrected chi connectivity index (χ2v) is 7.91. The van der Waals surface area contributed by atoms with Crippen molar-refractivity contribution < 1.29 is 14.3 Å². The number of pyridine rings is 2. The minimum Gasteiger partial charge on any atom is -0.497 e. The Kier molecular flexibility index (Phi) is 7.42. The Morgan fingerprint density at radius 3 is 2.56 bits per heavy atom. The molecule has 7 nitrogen and oxygen atoms in total. The van der Waals surface area contributed by atoms with Gasteiger partial charge in [-0.2, -0.15) is 0 Å². The highest BCUT2D eigenvalue weighted by Gasteiger charge is 2.28. The van der Waals surface area contributed by atoms with Gasteiger partial charge in [0.2, 0.25) is 5.91 Å². The lowest BCUT2D eigenvalue weighted by atomic mass is 10.2. The molecule has 7 heteroatoms. The van der Waals surface area contributed by atoms with E-state index in [0.29, 0.717) is 39.3 Å². The van der Waals surface area contributed by atoms with Gasteiger partial charge in [0.25, 0.3) is 0 Å². The van der Waals surface area contributed by atoms with Gasteiger partial charge in [-0.15, -0.1) is 0 Å². The first-order valence-electron chi connectivity index (χ1n) is 10.7. The fourth-order valence-corrected chi connectivity index (χ4v) is 3.80. The SMILES string of the molecule is COc1ccc(CN2CC(OCc3cccnc3)CN(Cc3ccccn3)CC2=O)cc1. The van der Waals surface area contributed by atoms with Crippen LogP contribution in [0.2, 0.25) is 0 Å². The molecule has 3 heterocycles. The number of nitrogens with zero attached hydrogens (tertiary/aromatic N) is 4. The molecule has 3 aromatic rings. The largest absolute Gasteiger partial charge is 0.497 e. The first-order valence-corrected chi connectivity index (χ1v) is 10.7. The highest BCUT2D eigenvalue weighted by Crippen LogP contribution is 2.17. The molecule has 0 spiro atoms. The predicted molar refractivity (Wildman–Crippen MR) is 121 cm³/mol. The second kappa shape index (κ2) is 10.8. The van der Waals surface area contributed by atoms with E-state index < -0.39 is 0 Å². The van der Waals surface area contributed by atoms with Crippen LogP contribution in [0.1, 0.15) is 16.8 Å². The number of aromatic nitrogens is 2. The molecule has 1 amide bonds. The molecule has 4 rings (SSSR count). The van der Waals surface area contributed by atoms with Gasteiger partial charge < -0.3 is 14.4 Å². The monoisotopic (exact) mass is 432 g/mol. The summed E-state index contributed by atoms with van der Waals surface area (Å²) in [5, 5.41) is 0. The van der Waals surface area contributed by atoms with E-state index in [1.165, 1.54) is 0 Å². The summed E-state index contributed by atoms with van der Waals surface area (Å²) in [7, 11) is 1.65. The first-order chi connectivity index (χ1) is 15.7. The third-order valence-electron chi connectivity index (χ3n) is 5.45. The van der Waals surface area contributed by atoms with Gasteiger partial charge >= 0.3 is 0 Å². The zero-order valence-corrected chi connectivity index (χ0v) is 18.3. The standard InChI is InChI=1S/C25H28N4O3/c1-31-23-9-7-20(8-10-23)14-29-17-24(32-19-21-5-4-11-26-13-21)16-28(18-25(29)30)15-22-6-2-3-12-27-22/h2-13,24H,14-19H2,1H3. The fraction of sp³-hybridized carbons (Fsp3) is 0.320. The number of methoxy groups -OCH3 is 1. The van der Waals surface area contributed by atoms with Gasteiger partial charge in [-0.05, 0) is 41.5 Å². The van der Waals surface area contributed by atoms with Crippen molar-refractivity contribution in [3.05, 3.63) is 90.0 Å². The quantitative estimate of drug-likeness (QED) is 0.545. The van der Waals surface area contributed by atoms with Crippen molar-refractivity contribution in [2.75, 3.05) is 26.7 Å². The van der Waals surface area contributed by atoms with Crippen LogP contribution < -0.4 is 4.74 Å². The molecule has 0 radical (unpaired) electrons. The minimum absolute atomic E-state index is 0.0872. The van der Waals surface area contributed by atoms with Crippen LogP contribution in [-0.4, -0.2) is 58.5 Å². The Balaban J connectivity index is 1.48. The van der Waals surface area contributed by atoms with E-state index in [0.717, 1.165) is 22.6 Å². The van der Waals surface area contributed by atoms with Crippen LogP contribution in [0.15, 0.2) is 73.2 Å². The fourth-order valence-electron chi connectivity index (χ4n) is 3.80. The summed E-state index contributed by atoms with van der Waals surface area (Å²) in [6.45, 7) is 3.12. The van der Waals surface area contributed by atoms with E-state index in [9.17, 15) is 4.79 Å². The van der Waals surface area contributed by atoms with Crippen molar-refractivity contribution in [1.82, 2.24) is 19.8 Å². The van der Waals surface area contributed by atoms with Crippen molar-refractivity contribution in [1.29, 1.82) is 0 Å². The van der Waals surface area contributed by atoms with Gasteiger partial charge in [0.1, 0.15) is 5.75 Å². The molecule has 1 aromatic carbocycles. The molecule has 1 unspecified atom stereocenters. The number of benzene rings is 1. The van der Waals surface area contributed by atoms with Crippen molar-refractivity contribution in [2.45, 2.75) is 25.8 Å². The number of ether oxygens (including phenoxy) is 2. The molecular formula is C25H28N4O3. The van der Waals surface area contributed by atoms with E-state index >= 15 is 0 Å². The zero-order chi connectivity index (χ0) is 22.2. The van der Waals surface area contributed by atoms with E-state index in [2.05, 4.69) is 14.9 Å². The average Bonchev–Trinajstić information content (AvgIpc) is 2.97. The van der Waals surface area contributed by atoms with E-state index in [-0.39, 0.29) is 12.0 Å². The molecule has 0 N–H and O–H groups in total. The van der Waals surface area contributed by atoms with Gasteiger partial charge in [0, 0.05) is 44.8 Å². The molecule has 166 valence electrons. The number of hydrogen-bond donors (Lipinski definition) is 0. The molecule has 32 heavy (non-hydrogen) atoms. The van der Waals surface area contributed by atoms with Crippen LogP contribution in [0.3, 0.4) is 0 Å². The van der Waals surface area contributed by atoms with Crippen molar-refractivity contribution in [2.24, 2.45) is 0 Å². The lowest BCUT2D eigenvalue weighted by molar-refractivity contribution is -0.132. The summed E-state index contributed by atoms with van der Waals surface area (Å²) in [5.74, 6) is 0.888. The number of amides is 1. The topological polar surface area (TPSA) is 67.8 Å². The average molecular weight is 433 g/mol. The molecule has 1 fully saturated rings. The maximum atomic E-state index is 13.1. The maximum absolute atomic E-state index is 13.1. The van der Waals surface area contributed by atoms with E-state index in [4.69, 9.17) is 9.47 Å². The Bertz CT molecular complexity index is 983. The molecule has 0 bridgehead atoms. The smallest absolute Gasteiger partial charge is 0.237 e. The Morgan fingerprint density at radius 1 is 0.969 bits per heavy atom. The maximum Gasteiger partial charge on any atom is 0.237 e. The van der Waals surface area contributed by atoms with Crippen LogP contribution >= 0.6 is 0 Å². The lowest BCUT2D eigenvalue weighted by Crippen LogP contribution is -2.37. The second-order valence-electron chi connectivity index (χ2n) is 7.91. The van der Waals surface area contributed by atoms with Crippen LogP contribution in [0.5, 0.6) is 5.75 Å². The Hall–Kier alpha value is -3.29. The van der Waals surface area contributed by atoms with Crippen LogP contribution in [0, 0.1) is 0 Å². The van der Waals surface area contributed by atoms with Gasteiger partial charge in [-0.3, -0.25) is 19.7 Å². The molecule has 0 saturated carbocycles. The van der Waals surface area contributed by atoms with E-state index in [1.54, 1.807) is 19.5 Å². The number of hydrogen-bond acceptors (Lipinski definition) is 6. The lowest BCUT2D eigenvalue weighted by Gasteiger charge is -2.25. The molecule has 1 atom stereocenters. The third-order valence-corrected chi connectivity index (χ3v) is 5.45. The summed E-state index contributed by atoms with van der Waals surface area (Å²) in [4.78, 5) is 25.7. The summed E-state index contributed by atoms with van der Waals surface area (Å²) in [6, 6.07) is 17.6. The van der Waals surface area contributed by atoms with Gasteiger partial charge in [-0.1, -0.05) is 24.3 Å². The van der Waals surface area contributed by atoms with Crippen molar-refractivity contribution >= 4 is 5.91 Å². The van der Waals surface area contributed by atoms with Crippen LogP contribution in [0.4, 0.5) is 0 Å². The number of carbonyl (C=O) groups excluding carboxylic acids is 1. The zero-order valence-electron chi connectivity index (χ0n) is 18.3. The predicted octanol–water partition coefficient (Wildman–Crippen LogP) is 2.92. The molecular weight excluding hydrogens is 404 g/mol. The number of rotatable bonds is 8. The van der Waals surface area contributed by atoms with Crippen LogP contribution in [-0.2, 0) is 29.2 Å². The van der Waals surface area contributed by atoms with Crippen molar-refractivity contribution in [3.63, 3.8) is 0 Å². The highest BCUT2D eigenvalue weighted by molar-refractivity contribution is 5.78. The first kappa shape index (κ1) is 21.9. The summed E-state index contributed by atoms with van der Waals surface area (Å²) < 4.78 is 11.5. The molecule has 2 aromatic heterocycles. The van der Waals surface area contributed by atoms with Crippen LogP contribution in [0.25, 0.3) is 0 Å². The highest BCUT2D eigenvalue weighted by atomic mass is 16.5. The summed E-state index contributed by atoms with van der Waals surface area (Å²) in [6.07, 6.45) is 5.21. The molecule has 1 aliphatic rings. The minimum atomic E-state index is -0.122. The Morgan fingerprint density at radius 2 is 1.84 bits per heavy atom. The Labute approximate surface area is 188 Å². The summed E-state index contributed by atoms with van der Waals surface area (Å²) in [5.41, 5.74) is 3.01. The molecule has 1 saturated heterocycles. The number of carbonyl (C=O) groups is 1.